The summed E-state index contributed by atoms with van der Waals surface area (Å²) >= 11 is 0. The van der Waals surface area contributed by atoms with Crippen LogP contribution in [-0.2, 0) is 10.2 Å². The quantitative estimate of drug-likeness (QED) is 0.860. The van der Waals surface area contributed by atoms with Gasteiger partial charge in [-0.25, -0.2) is 9.37 Å². The van der Waals surface area contributed by atoms with Crippen molar-refractivity contribution in [3.8, 4) is 0 Å². The summed E-state index contributed by atoms with van der Waals surface area (Å²) in [4.78, 5) is 30.6. The molecule has 1 aliphatic rings. The Morgan fingerprint density at radius 3 is 2.46 bits per heavy atom. The van der Waals surface area contributed by atoms with E-state index in [1.54, 1.807) is 11.0 Å². The van der Waals surface area contributed by atoms with E-state index in [4.69, 9.17) is 5.73 Å². The SMILES string of the molecule is CC(=O)N1CC(C)(C)c2nc(N)c(C(=O)c3ccc(F)cc3)cc21. The molecule has 2 N–H and O–H groups in total. The van der Waals surface area contributed by atoms with Crippen LogP contribution in [0.1, 0.15) is 42.4 Å². The lowest BCUT2D eigenvalue weighted by atomic mass is 9.90. The Morgan fingerprint density at radius 2 is 1.88 bits per heavy atom. The van der Waals surface area contributed by atoms with Crippen LogP contribution in [-0.4, -0.2) is 23.2 Å². The first-order chi connectivity index (χ1) is 11.2. The first-order valence-corrected chi connectivity index (χ1v) is 7.60. The molecule has 124 valence electrons. The Labute approximate surface area is 139 Å². The molecule has 1 amide bonds. The van der Waals surface area contributed by atoms with Gasteiger partial charge in [0.25, 0.3) is 0 Å². The Morgan fingerprint density at radius 1 is 1.25 bits per heavy atom. The van der Waals surface area contributed by atoms with Gasteiger partial charge in [0.05, 0.1) is 16.9 Å². The summed E-state index contributed by atoms with van der Waals surface area (Å²) in [6.07, 6.45) is 0. The van der Waals surface area contributed by atoms with E-state index in [0.29, 0.717) is 23.5 Å². The largest absolute Gasteiger partial charge is 0.383 e. The number of hydrogen-bond donors (Lipinski definition) is 1. The Bertz CT molecular complexity index is 844. The minimum atomic E-state index is -0.420. The number of ketones is 1. The Hall–Kier alpha value is -2.76. The number of amides is 1. The van der Waals surface area contributed by atoms with Crippen molar-refractivity contribution in [2.75, 3.05) is 17.2 Å². The van der Waals surface area contributed by atoms with Gasteiger partial charge in [-0.15, -0.1) is 0 Å². The van der Waals surface area contributed by atoms with Crippen LogP contribution < -0.4 is 10.6 Å². The fourth-order valence-corrected chi connectivity index (χ4v) is 3.00. The van der Waals surface area contributed by atoms with E-state index in [0.717, 1.165) is 0 Å². The molecule has 2 heterocycles. The first kappa shape index (κ1) is 16.1. The van der Waals surface area contributed by atoms with E-state index in [9.17, 15) is 14.0 Å². The number of pyridine rings is 1. The molecule has 0 radical (unpaired) electrons. The highest BCUT2D eigenvalue weighted by atomic mass is 19.1. The molecular weight excluding hydrogens is 309 g/mol. The number of nitrogens with zero attached hydrogens (tertiary/aromatic N) is 2. The van der Waals surface area contributed by atoms with Crippen molar-refractivity contribution in [1.29, 1.82) is 0 Å². The molecule has 0 fully saturated rings. The molecule has 3 rings (SSSR count). The molecule has 5 nitrogen and oxygen atoms in total. The van der Waals surface area contributed by atoms with Crippen molar-refractivity contribution >= 4 is 23.2 Å². The van der Waals surface area contributed by atoms with Gasteiger partial charge in [0.15, 0.2) is 5.78 Å². The molecular formula is C18H18FN3O2. The summed E-state index contributed by atoms with van der Waals surface area (Å²) in [6, 6.07) is 6.85. The molecule has 0 saturated carbocycles. The second-order valence-corrected chi connectivity index (χ2v) is 6.61. The van der Waals surface area contributed by atoms with Crippen LogP contribution in [0.5, 0.6) is 0 Å². The number of nitrogens with two attached hydrogens (primary N) is 1. The van der Waals surface area contributed by atoms with Crippen LogP contribution in [0.25, 0.3) is 0 Å². The van der Waals surface area contributed by atoms with Crippen molar-refractivity contribution < 1.29 is 14.0 Å². The normalized spacial score (nSPS) is 15.2. The van der Waals surface area contributed by atoms with Crippen molar-refractivity contribution in [3.63, 3.8) is 0 Å². The van der Waals surface area contributed by atoms with Crippen LogP contribution in [0.3, 0.4) is 0 Å². The minimum absolute atomic E-state index is 0.113. The lowest BCUT2D eigenvalue weighted by molar-refractivity contribution is -0.116. The number of halogens is 1. The van der Waals surface area contributed by atoms with Crippen LogP contribution in [0, 0.1) is 5.82 Å². The number of benzene rings is 1. The van der Waals surface area contributed by atoms with Crippen molar-refractivity contribution in [2.45, 2.75) is 26.2 Å². The molecule has 0 saturated heterocycles. The number of anilines is 2. The second kappa shape index (κ2) is 5.40. The lowest BCUT2D eigenvalue weighted by Gasteiger charge is -2.18. The van der Waals surface area contributed by atoms with Gasteiger partial charge < -0.3 is 10.6 Å². The average molecular weight is 327 g/mol. The topological polar surface area (TPSA) is 76.3 Å². The zero-order chi connectivity index (χ0) is 17.6. The van der Waals surface area contributed by atoms with E-state index < -0.39 is 5.82 Å². The smallest absolute Gasteiger partial charge is 0.223 e. The molecule has 1 aromatic heterocycles. The van der Waals surface area contributed by atoms with Gasteiger partial charge in [-0.3, -0.25) is 9.59 Å². The van der Waals surface area contributed by atoms with Crippen LogP contribution in [0.15, 0.2) is 30.3 Å². The number of carbonyl (C=O) groups is 2. The van der Waals surface area contributed by atoms with Gasteiger partial charge in [0.2, 0.25) is 5.91 Å². The predicted molar refractivity (Wildman–Crippen MR) is 89.5 cm³/mol. The van der Waals surface area contributed by atoms with Crippen molar-refractivity contribution in [1.82, 2.24) is 4.98 Å². The third kappa shape index (κ3) is 2.54. The molecule has 1 aromatic carbocycles. The Kier molecular flexibility index (Phi) is 3.63. The summed E-state index contributed by atoms with van der Waals surface area (Å²) in [5.74, 6) is -0.776. The molecule has 0 aliphatic carbocycles. The van der Waals surface area contributed by atoms with Crippen LogP contribution >= 0.6 is 0 Å². The maximum Gasteiger partial charge on any atom is 0.223 e. The standard InChI is InChI=1S/C18H18FN3O2/c1-10(23)22-9-18(2,3)16-14(22)8-13(17(20)21-16)15(24)11-4-6-12(19)7-5-11/h4-8H,9H2,1-3H3,(H2,20,21). The molecule has 0 atom stereocenters. The molecule has 6 heteroatoms. The molecule has 0 spiro atoms. The zero-order valence-corrected chi connectivity index (χ0v) is 13.8. The van der Waals surface area contributed by atoms with Crippen molar-refractivity contribution in [2.24, 2.45) is 0 Å². The minimum Gasteiger partial charge on any atom is -0.383 e. The summed E-state index contributed by atoms with van der Waals surface area (Å²) in [6.45, 7) is 5.91. The summed E-state index contributed by atoms with van der Waals surface area (Å²) in [5.41, 5.74) is 7.49. The number of aromatic nitrogens is 1. The van der Waals surface area contributed by atoms with E-state index in [2.05, 4.69) is 4.98 Å². The zero-order valence-electron chi connectivity index (χ0n) is 13.8. The number of rotatable bonds is 2. The average Bonchev–Trinajstić information content (AvgIpc) is 2.78. The molecule has 0 unspecified atom stereocenters. The van der Waals surface area contributed by atoms with Gasteiger partial charge in [0, 0.05) is 24.4 Å². The summed E-state index contributed by atoms with van der Waals surface area (Å²) < 4.78 is 13.0. The van der Waals surface area contributed by atoms with Crippen LogP contribution in [0.4, 0.5) is 15.9 Å². The van der Waals surface area contributed by atoms with E-state index in [1.165, 1.54) is 31.2 Å². The van der Waals surface area contributed by atoms with Crippen LogP contribution in [0.2, 0.25) is 0 Å². The van der Waals surface area contributed by atoms with Gasteiger partial charge in [-0.1, -0.05) is 13.8 Å². The summed E-state index contributed by atoms with van der Waals surface area (Å²) in [5, 5.41) is 0. The second-order valence-electron chi connectivity index (χ2n) is 6.61. The van der Waals surface area contributed by atoms with Gasteiger partial charge in [-0.2, -0.15) is 0 Å². The number of carbonyl (C=O) groups excluding carboxylic acids is 2. The van der Waals surface area contributed by atoms with E-state index in [1.807, 2.05) is 13.8 Å². The summed E-state index contributed by atoms with van der Waals surface area (Å²) in [7, 11) is 0. The van der Waals surface area contributed by atoms with E-state index in [-0.39, 0.29) is 28.5 Å². The Balaban J connectivity index is 2.11. The van der Waals surface area contributed by atoms with E-state index >= 15 is 0 Å². The third-order valence-corrected chi connectivity index (χ3v) is 4.25. The predicted octanol–water partition coefficient (Wildman–Crippen LogP) is 2.68. The maximum atomic E-state index is 13.0. The highest BCUT2D eigenvalue weighted by molar-refractivity contribution is 6.12. The molecule has 2 aromatic rings. The fourth-order valence-electron chi connectivity index (χ4n) is 3.00. The number of fused-ring (bicyclic) bond motifs is 1. The highest BCUT2D eigenvalue weighted by Crippen LogP contribution is 2.41. The van der Waals surface area contributed by atoms with Gasteiger partial charge in [-0.05, 0) is 30.3 Å². The first-order valence-electron chi connectivity index (χ1n) is 7.60. The lowest BCUT2D eigenvalue weighted by Crippen LogP contribution is -2.32. The highest BCUT2D eigenvalue weighted by Gasteiger charge is 2.39. The molecule has 24 heavy (non-hydrogen) atoms. The maximum absolute atomic E-state index is 13.0. The molecule has 0 bridgehead atoms. The monoisotopic (exact) mass is 327 g/mol. The number of hydrogen-bond acceptors (Lipinski definition) is 4. The molecule has 1 aliphatic heterocycles. The fraction of sp³-hybridized carbons (Fsp3) is 0.278. The third-order valence-electron chi connectivity index (χ3n) is 4.25. The number of nitrogen functional groups attached to an aromatic ring is 1. The van der Waals surface area contributed by atoms with Gasteiger partial charge in [0.1, 0.15) is 11.6 Å². The van der Waals surface area contributed by atoms with Crippen molar-refractivity contribution in [3.05, 3.63) is 53.0 Å². The van der Waals surface area contributed by atoms with Gasteiger partial charge >= 0.3 is 0 Å².